The zero-order valence-corrected chi connectivity index (χ0v) is 44.4. The van der Waals surface area contributed by atoms with E-state index in [4.69, 9.17) is 0 Å². The summed E-state index contributed by atoms with van der Waals surface area (Å²) in [6, 6.07) is 31.6. The van der Waals surface area contributed by atoms with Crippen LogP contribution in [-0.4, -0.2) is 42.2 Å². The number of H-pyrrole nitrogens is 2. The molecule has 0 radical (unpaired) electrons. The Hall–Kier alpha value is -5.90. The van der Waals surface area contributed by atoms with Gasteiger partial charge in [0.1, 0.15) is 11.6 Å². The van der Waals surface area contributed by atoms with E-state index in [1.807, 2.05) is 171 Å². The predicted octanol–water partition coefficient (Wildman–Crippen LogP) is 15.8. The van der Waals surface area contributed by atoms with Gasteiger partial charge in [0.2, 0.25) is 11.8 Å². The SMILES string of the molecule is CC.CC.CC.CC.CC.CC.CC.CC.CC(Cc1ccccc1)C[C@@H](C(=O)Nc1ccccn1)c1cn[nH]c1.CC(Cc1ccccc1)C[C@H](C(=O)Nc1ccccn1)c1cn[nH]c1. The average Bonchev–Trinajstić information content (AvgIpc) is 4.15. The van der Waals surface area contributed by atoms with Crippen molar-refractivity contribution in [3.05, 3.63) is 156 Å². The second-order valence-corrected chi connectivity index (χ2v) is 12.6. The van der Waals surface area contributed by atoms with Gasteiger partial charge in [0, 0.05) is 35.9 Å². The van der Waals surface area contributed by atoms with E-state index in [0.29, 0.717) is 23.5 Å². The van der Waals surface area contributed by atoms with Crippen LogP contribution in [0.15, 0.2) is 134 Å². The smallest absolute Gasteiger partial charge is 0.233 e. The molecule has 6 aromatic rings. The molecule has 2 amide bonds. The third-order valence-corrected chi connectivity index (χ3v) is 8.44. The van der Waals surface area contributed by atoms with Gasteiger partial charge in [0.25, 0.3) is 0 Å². The maximum absolute atomic E-state index is 12.8. The first kappa shape index (κ1) is 66.7. The van der Waals surface area contributed by atoms with Crippen molar-refractivity contribution in [1.29, 1.82) is 0 Å². The number of hydrogen-bond acceptors (Lipinski definition) is 6. The fourth-order valence-electron chi connectivity index (χ4n) is 6.00. The molecule has 0 aliphatic carbocycles. The molecule has 0 spiro atoms. The van der Waals surface area contributed by atoms with Gasteiger partial charge in [-0.05, 0) is 72.9 Å². The number of pyridine rings is 2. The van der Waals surface area contributed by atoms with Gasteiger partial charge in [-0.2, -0.15) is 10.2 Å². The Labute approximate surface area is 403 Å². The molecule has 4 atom stereocenters. The lowest BCUT2D eigenvalue weighted by atomic mass is 9.87. The Kier molecular flexibility index (Phi) is 49.1. The number of carbonyl (C=O) groups excluding carboxylic acids is 2. The summed E-state index contributed by atoms with van der Waals surface area (Å²) >= 11 is 0. The van der Waals surface area contributed by atoms with Crippen LogP contribution in [0.3, 0.4) is 0 Å². The summed E-state index contributed by atoms with van der Waals surface area (Å²) in [6.07, 6.45) is 13.7. The minimum absolute atomic E-state index is 0.0555. The summed E-state index contributed by atoms with van der Waals surface area (Å²) in [5.74, 6) is 1.21. The predicted molar refractivity (Wildman–Crippen MR) is 287 cm³/mol. The Morgan fingerprint density at radius 3 is 1.02 bits per heavy atom. The number of benzene rings is 2. The number of anilines is 2. The minimum Gasteiger partial charge on any atom is -0.310 e. The number of amides is 2. The van der Waals surface area contributed by atoms with E-state index in [9.17, 15) is 9.59 Å². The summed E-state index contributed by atoms with van der Waals surface area (Å²) in [4.78, 5) is 34.0. The van der Waals surface area contributed by atoms with Gasteiger partial charge in [0.05, 0.1) is 24.2 Å². The van der Waals surface area contributed by atoms with Gasteiger partial charge in [-0.1, -0.05) is 197 Å². The van der Waals surface area contributed by atoms with Crippen LogP contribution in [0.4, 0.5) is 11.6 Å². The van der Waals surface area contributed by atoms with E-state index in [-0.39, 0.29) is 23.7 Å². The molecule has 2 unspecified atom stereocenters. The van der Waals surface area contributed by atoms with Gasteiger partial charge in [-0.15, -0.1) is 0 Å². The van der Waals surface area contributed by atoms with E-state index in [1.54, 1.807) is 49.3 Å². The van der Waals surface area contributed by atoms with Crippen molar-refractivity contribution < 1.29 is 9.59 Å². The molecule has 0 saturated carbocycles. The maximum atomic E-state index is 12.8. The molecule has 10 heteroatoms. The molecule has 10 nitrogen and oxygen atoms in total. The van der Waals surface area contributed by atoms with Crippen molar-refractivity contribution in [1.82, 2.24) is 30.4 Å². The van der Waals surface area contributed by atoms with Crippen molar-refractivity contribution in [2.24, 2.45) is 11.8 Å². The number of nitrogens with one attached hydrogen (secondary N) is 4. The average molecular weight is 909 g/mol. The molecule has 0 bridgehead atoms. The highest BCUT2D eigenvalue weighted by molar-refractivity contribution is 5.95. The standard InChI is InChI=1S/2C20H22N4O.8C2H6/c2*1-15(11-16-7-3-2-4-8-16)12-18(17-13-22-23-14-17)20(25)24-19-9-5-6-10-21-19;8*1-2/h2*2-10,13-15,18H,11-12H2,1H3,(H,22,23)(H,21,24,25);8*1-2H3/t2*15?,18-;;;;;;;;/m10......../s1. The van der Waals surface area contributed by atoms with Crippen molar-refractivity contribution in [2.75, 3.05) is 10.6 Å². The zero-order chi connectivity index (χ0) is 51.0. The first-order valence-corrected chi connectivity index (χ1v) is 24.9. The summed E-state index contributed by atoms with van der Waals surface area (Å²) in [6.45, 7) is 36.3. The van der Waals surface area contributed by atoms with Crippen molar-refractivity contribution in [3.8, 4) is 0 Å². The molecule has 368 valence electrons. The number of carbonyl (C=O) groups is 2. The van der Waals surface area contributed by atoms with Crippen LogP contribution in [0.1, 0.15) is 172 Å². The highest BCUT2D eigenvalue weighted by Crippen LogP contribution is 2.28. The second-order valence-electron chi connectivity index (χ2n) is 12.6. The van der Waals surface area contributed by atoms with Crippen LogP contribution in [0.25, 0.3) is 0 Å². The van der Waals surface area contributed by atoms with E-state index in [2.05, 4.69) is 79.1 Å². The number of rotatable bonds is 14. The van der Waals surface area contributed by atoms with E-state index in [0.717, 1.165) is 36.8 Å². The molecule has 0 saturated heterocycles. The molecule has 0 aliphatic heterocycles. The van der Waals surface area contributed by atoms with Crippen LogP contribution >= 0.6 is 0 Å². The van der Waals surface area contributed by atoms with E-state index >= 15 is 0 Å². The number of aromatic nitrogens is 6. The topological polar surface area (TPSA) is 141 Å². The first-order chi connectivity index (χ1) is 32.4. The van der Waals surface area contributed by atoms with Crippen molar-refractivity contribution in [3.63, 3.8) is 0 Å². The number of hydrogen-bond donors (Lipinski definition) is 4. The van der Waals surface area contributed by atoms with Crippen LogP contribution in [-0.2, 0) is 22.4 Å². The van der Waals surface area contributed by atoms with Crippen molar-refractivity contribution in [2.45, 2.75) is 162 Å². The molecule has 66 heavy (non-hydrogen) atoms. The molecule has 0 fully saturated rings. The Bertz CT molecular complexity index is 1690. The van der Waals surface area contributed by atoms with Crippen LogP contribution in [0.2, 0.25) is 0 Å². The third-order valence-electron chi connectivity index (χ3n) is 8.44. The van der Waals surface area contributed by atoms with E-state index < -0.39 is 0 Å². The summed E-state index contributed by atoms with van der Waals surface area (Å²) in [7, 11) is 0. The van der Waals surface area contributed by atoms with Gasteiger partial charge in [-0.3, -0.25) is 19.8 Å². The van der Waals surface area contributed by atoms with Crippen LogP contribution in [0.5, 0.6) is 0 Å². The molecule has 4 N–H and O–H groups in total. The molecule has 6 rings (SSSR count). The molecule has 4 heterocycles. The van der Waals surface area contributed by atoms with Crippen molar-refractivity contribution >= 4 is 23.5 Å². The fourth-order valence-corrected chi connectivity index (χ4v) is 6.00. The monoisotopic (exact) mass is 909 g/mol. The highest BCUT2D eigenvalue weighted by Gasteiger charge is 2.26. The highest BCUT2D eigenvalue weighted by atomic mass is 16.2. The minimum atomic E-state index is -0.264. The summed E-state index contributed by atoms with van der Waals surface area (Å²) in [5, 5.41) is 19.4. The molecule has 0 aliphatic rings. The van der Waals surface area contributed by atoms with Crippen LogP contribution < -0.4 is 10.6 Å². The van der Waals surface area contributed by atoms with Gasteiger partial charge in [-0.25, -0.2) is 9.97 Å². The lowest BCUT2D eigenvalue weighted by Gasteiger charge is -2.19. The third kappa shape index (κ3) is 29.5. The van der Waals surface area contributed by atoms with Gasteiger partial charge < -0.3 is 10.6 Å². The Balaban J connectivity index is -0.000000447. The normalized spacial score (nSPS) is 10.7. The molecular weight excluding hydrogens is 817 g/mol. The fraction of sp³-hybridized carbons (Fsp3) is 0.464. The van der Waals surface area contributed by atoms with Crippen LogP contribution in [0, 0.1) is 11.8 Å². The number of aromatic amines is 2. The maximum Gasteiger partial charge on any atom is 0.233 e. The molecule has 2 aromatic carbocycles. The zero-order valence-electron chi connectivity index (χ0n) is 44.4. The lowest BCUT2D eigenvalue weighted by molar-refractivity contribution is -0.118. The molecule has 4 aromatic heterocycles. The molecular formula is C56H92N8O2. The van der Waals surface area contributed by atoms with Gasteiger partial charge in [0.15, 0.2) is 0 Å². The second kappa shape index (κ2) is 48.6. The lowest BCUT2D eigenvalue weighted by Crippen LogP contribution is -2.23. The summed E-state index contributed by atoms with van der Waals surface area (Å²) in [5.41, 5.74) is 4.36. The number of nitrogens with zero attached hydrogens (tertiary/aromatic N) is 4. The summed E-state index contributed by atoms with van der Waals surface area (Å²) < 4.78 is 0. The Morgan fingerprint density at radius 1 is 0.455 bits per heavy atom. The van der Waals surface area contributed by atoms with E-state index in [1.165, 1.54) is 11.1 Å². The Morgan fingerprint density at radius 2 is 0.758 bits per heavy atom. The first-order valence-electron chi connectivity index (χ1n) is 24.9. The van der Waals surface area contributed by atoms with Gasteiger partial charge >= 0.3 is 0 Å². The quantitative estimate of drug-likeness (QED) is 0.0857. The largest absolute Gasteiger partial charge is 0.310 e.